The maximum atomic E-state index is 6.13. The molecule has 2 fully saturated rings. The van der Waals surface area contributed by atoms with Crippen LogP contribution in [0.3, 0.4) is 0 Å². The van der Waals surface area contributed by atoms with Crippen LogP contribution in [0.1, 0.15) is 31.2 Å². The van der Waals surface area contributed by atoms with Crippen LogP contribution in [0.15, 0.2) is 24.3 Å². The van der Waals surface area contributed by atoms with Crippen molar-refractivity contribution in [3.05, 3.63) is 29.8 Å². The Kier molecular flexibility index (Phi) is 3.53. The maximum absolute atomic E-state index is 6.13. The molecule has 0 aromatic heterocycles. The number of benzene rings is 1. The van der Waals surface area contributed by atoms with Gasteiger partial charge in [-0.3, -0.25) is 0 Å². The Balaban J connectivity index is 1.56. The summed E-state index contributed by atoms with van der Waals surface area (Å²) in [6.07, 6.45) is 6.23. The molecule has 1 aliphatic carbocycles. The van der Waals surface area contributed by atoms with Gasteiger partial charge in [0.25, 0.3) is 0 Å². The highest BCUT2D eigenvalue weighted by Crippen LogP contribution is 2.35. The monoisotopic (exact) mass is 263 g/mol. The molecule has 1 aliphatic heterocycles. The largest absolute Gasteiger partial charge is 0.490 e. The lowest BCUT2D eigenvalue weighted by Crippen LogP contribution is -2.24. The summed E-state index contributed by atoms with van der Waals surface area (Å²) in [5.41, 5.74) is 7.57. The quantitative estimate of drug-likeness (QED) is 0.907. The molecule has 0 radical (unpaired) electrons. The summed E-state index contributed by atoms with van der Waals surface area (Å²) in [5.74, 6) is 3.43. The van der Waals surface area contributed by atoms with Crippen LogP contribution in [0.5, 0.6) is 5.75 Å². The summed E-state index contributed by atoms with van der Waals surface area (Å²) in [6, 6.07) is 8.52. The average Bonchev–Trinajstić information content (AvgIpc) is 3.11. The summed E-state index contributed by atoms with van der Waals surface area (Å²) in [7, 11) is 0. The van der Waals surface area contributed by atoms with Gasteiger partial charge in [-0.1, -0.05) is 12.1 Å². The van der Waals surface area contributed by atoms with E-state index in [1.54, 1.807) is 0 Å². The minimum atomic E-state index is 0.0996. The van der Waals surface area contributed by atoms with E-state index in [0.29, 0.717) is 6.10 Å². The van der Waals surface area contributed by atoms with E-state index < -0.39 is 0 Å². The van der Waals surface area contributed by atoms with Gasteiger partial charge in [0.1, 0.15) is 11.9 Å². The van der Waals surface area contributed by atoms with Gasteiger partial charge in [0, 0.05) is 11.3 Å². The van der Waals surface area contributed by atoms with Crippen molar-refractivity contribution in [1.82, 2.24) is 0 Å². The van der Waals surface area contributed by atoms with Crippen molar-refractivity contribution in [2.45, 2.75) is 43.7 Å². The fourth-order valence-electron chi connectivity index (χ4n) is 2.43. The molecule has 0 amide bonds. The van der Waals surface area contributed by atoms with Crippen LogP contribution >= 0.6 is 11.8 Å². The van der Waals surface area contributed by atoms with Crippen molar-refractivity contribution < 1.29 is 4.74 Å². The van der Waals surface area contributed by atoms with E-state index in [-0.39, 0.29) is 5.54 Å². The van der Waals surface area contributed by atoms with Crippen LogP contribution in [-0.4, -0.2) is 23.1 Å². The number of hydrogen-bond acceptors (Lipinski definition) is 3. The first-order valence-corrected chi connectivity index (χ1v) is 8.01. The van der Waals surface area contributed by atoms with Crippen LogP contribution in [0.4, 0.5) is 0 Å². The molecule has 18 heavy (non-hydrogen) atoms. The molecule has 3 heteroatoms. The molecule has 1 saturated carbocycles. The first-order chi connectivity index (χ1) is 8.73. The molecule has 1 saturated heterocycles. The Bertz CT molecular complexity index is 393. The van der Waals surface area contributed by atoms with Crippen LogP contribution in [0, 0.1) is 0 Å². The Morgan fingerprint density at radius 3 is 2.67 bits per heavy atom. The van der Waals surface area contributed by atoms with E-state index in [1.807, 2.05) is 11.8 Å². The van der Waals surface area contributed by atoms with Gasteiger partial charge in [-0.2, -0.15) is 11.8 Å². The lowest BCUT2D eigenvalue weighted by molar-refractivity contribution is 0.211. The third kappa shape index (κ3) is 3.21. The average molecular weight is 263 g/mol. The first kappa shape index (κ1) is 12.4. The zero-order valence-electron chi connectivity index (χ0n) is 10.7. The summed E-state index contributed by atoms with van der Waals surface area (Å²) in [4.78, 5) is 0. The third-order valence-corrected chi connectivity index (χ3v) is 4.98. The van der Waals surface area contributed by atoms with E-state index in [0.717, 1.165) is 17.9 Å². The first-order valence-electron chi connectivity index (χ1n) is 6.86. The van der Waals surface area contributed by atoms with Crippen LogP contribution in [-0.2, 0) is 6.42 Å². The SMILES string of the molecule is NC1(Cc2ccc(OC3CCCSC3)cc2)CC1. The van der Waals surface area contributed by atoms with Gasteiger partial charge < -0.3 is 10.5 Å². The summed E-state index contributed by atoms with van der Waals surface area (Å²) in [6.45, 7) is 0. The fraction of sp³-hybridized carbons (Fsp3) is 0.600. The van der Waals surface area contributed by atoms with Gasteiger partial charge in [-0.05, 0) is 55.6 Å². The predicted molar refractivity (Wildman–Crippen MR) is 77.3 cm³/mol. The topological polar surface area (TPSA) is 35.2 Å². The zero-order valence-corrected chi connectivity index (χ0v) is 11.5. The molecule has 1 unspecified atom stereocenters. The highest BCUT2D eigenvalue weighted by atomic mass is 32.2. The number of ether oxygens (including phenoxy) is 1. The molecule has 0 spiro atoms. The second kappa shape index (κ2) is 5.14. The summed E-state index contributed by atoms with van der Waals surface area (Å²) in [5, 5.41) is 0. The van der Waals surface area contributed by atoms with Crippen molar-refractivity contribution in [2.24, 2.45) is 5.73 Å². The van der Waals surface area contributed by atoms with E-state index in [4.69, 9.17) is 10.5 Å². The molecule has 2 nitrogen and oxygen atoms in total. The molecule has 1 aromatic carbocycles. The van der Waals surface area contributed by atoms with Crippen LogP contribution < -0.4 is 10.5 Å². The van der Waals surface area contributed by atoms with Crippen molar-refractivity contribution in [3.8, 4) is 5.75 Å². The van der Waals surface area contributed by atoms with Gasteiger partial charge in [0.2, 0.25) is 0 Å². The molecule has 0 bridgehead atoms. The van der Waals surface area contributed by atoms with Gasteiger partial charge >= 0.3 is 0 Å². The molecular weight excluding hydrogens is 242 g/mol. The molecule has 1 heterocycles. The number of nitrogens with two attached hydrogens (primary N) is 1. The number of rotatable bonds is 4. The van der Waals surface area contributed by atoms with Gasteiger partial charge in [0.15, 0.2) is 0 Å². The van der Waals surface area contributed by atoms with Crippen molar-refractivity contribution in [3.63, 3.8) is 0 Å². The highest BCUT2D eigenvalue weighted by molar-refractivity contribution is 7.99. The molecule has 2 aliphatic rings. The fourth-order valence-corrected chi connectivity index (χ4v) is 3.46. The van der Waals surface area contributed by atoms with Gasteiger partial charge in [-0.15, -0.1) is 0 Å². The van der Waals surface area contributed by atoms with Gasteiger partial charge in [0.05, 0.1) is 0 Å². The minimum absolute atomic E-state index is 0.0996. The Labute approximate surface area is 113 Å². The van der Waals surface area contributed by atoms with E-state index in [9.17, 15) is 0 Å². The maximum Gasteiger partial charge on any atom is 0.119 e. The van der Waals surface area contributed by atoms with Gasteiger partial charge in [-0.25, -0.2) is 0 Å². The molecule has 1 atom stereocenters. The second-order valence-electron chi connectivity index (χ2n) is 5.64. The standard InChI is InChI=1S/C15H21NOS/c16-15(7-8-15)10-12-3-5-13(6-4-12)17-14-2-1-9-18-11-14/h3-6,14H,1-2,7-11,16H2. The Hall–Kier alpha value is -0.670. The minimum Gasteiger partial charge on any atom is -0.490 e. The third-order valence-electron chi connectivity index (χ3n) is 3.79. The highest BCUT2D eigenvalue weighted by Gasteiger charge is 2.37. The van der Waals surface area contributed by atoms with Crippen molar-refractivity contribution >= 4 is 11.8 Å². The number of hydrogen-bond donors (Lipinski definition) is 1. The summed E-state index contributed by atoms with van der Waals surface area (Å²) >= 11 is 2.00. The lowest BCUT2D eigenvalue weighted by Gasteiger charge is -2.22. The lowest BCUT2D eigenvalue weighted by atomic mass is 10.1. The Morgan fingerprint density at radius 1 is 1.28 bits per heavy atom. The number of thioether (sulfide) groups is 1. The summed E-state index contributed by atoms with van der Waals surface area (Å²) < 4.78 is 6.00. The smallest absolute Gasteiger partial charge is 0.119 e. The molecule has 2 N–H and O–H groups in total. The van der Waals surface area contributed by atoms with E-state index >= 15 is 0 Å². The normalized spacial score (nSPS) is 25.7. The van der Waals surface area contributed by atoms with Crippen molar-refractivity contribution in [2.75, 3.05) is 11.5 Å². The zero-order chi connectivity index (χ0) is 12.4. The molecule has 98 valence electrons. The molecule has 3 rings (SSSR count). The van der Waals surface area contributed by atoms with Crippen LogP contribution in [0.25, 0.3) is 0 Å². The van der Waals surface area contributed by atoms with Crippen LogP contribution in [0.2, 0.25) is 0 Å². The van der Waals surface area contributed by atoms with E-state index in [1.165, 1.54) is 37.0 Å². The molecule has 1 aromatic rings. The molecular formula is C15H21NOS. The van der Waals surface area contributed by atoms with E-state index in [2.05, 4.69) is 24.3 Å². The Morgan fingerprint density at radius 2 is 2.06 bits per heavy atom. The predicted octanol–water partition coefficient (Wildman–Crippen LogP) is 2.99. The second-order valence-corrected chi connectivity index (χ2v) is 6.79. The van der Waals surface area contributed by atoms with Crippen molar-refractivity contribution in [1.29, 1.82) is 0 Å².